The van der Waals surface area contributed by atoms with Gasteiger partial charge in [0.05, 0.1) is 12.0 Å². The maximum atomic E-state index is 11.4. The molecule has 2 aromatic rings. The smallest absolute Gasteiger partial charge is 0.419 e. The van der Waals surface area contributed by atoms with Crippen molar-refractivity contribution in [3.8, 4) is 0 Å². The minimum atomic E-state index is -0.576. The van der Waals surface area contributed by atoms with Crippen molar-refractivity contribution in [1.29, 1.82) is 0 Å². The van der Waals surface area contributed by atoms with E-state index in [-0.39, 0.29) is 17.8 Å². The zero-order chi connectivity index (χ0) is 10.8. The molecule has 0 spiro atoms. The van der Waals surface area contributed by atoms with Gasteiger partial charge in [-0.15, -0.1) is 5.10 Å². The summed E-state index contributed by atoms with van der Waals surface area (Å²) in [4.78, 5) is 22.6. The number of nitrogens with one attached hydrogen (secondary N) is 1. The molecule has 15 heavy (non-hydrogen) atoms. The molecule has 0 saturated carbocycles. The van der Waals surface area contributed by atoms with E-state index in [0.29, 0.717) is 5.39 Å². The number of aromatic nitrogens is 4. The Morgan fingerprint density at radius 1 is 1.67 bits per heavy atom. The van der Waals surface area contributed by atoms with Gasteiger partial charge in [-0.3, -0.25) is 4.79 Å². The van der Waals surface area contributed by atoms with E-state index >= 15 is 0 Å². The molecule has 1 N–H and O–H groups in total. The van der Waals surface area contributed by atoms with E-state index in [9.17, 15) is 9.59 Å². The topological polar surface area (TPSA) is 89.9 Å². The summed E-state index contributed by atoms with van der Waals surface area (Å²) in [5.74, 6) is 0. The van der Waals surface area contributed by atoms with Gasteiger partial charge in [0.1, 0.15) is 0 Å². The quantitative estimate of drug-likeness (QED) is 0.719. The molecule has 0 bridgehead atoms. The molecule has 2 rings (SSSR count). The van der Waals surface area contributed by atoms with Crippen molar-refractivity contribution in [3.63, 3.8) is 0 Å². The van der Waals surface area contributed by atoms with Crippen LogP contribution in [-0.2, 0) is 4.74 Å². The number of aromatic amines is 1. The molecule has 78 valence electrons. The number of carbonyl (C=O) groups is 1. The predicted molar refractivity (Wildman–Crippen MR) is 50.6 cm³/mol. The van der Waals surface area contributed by atoms with E-state index in [1.165, 1.54) is 12.3 Å². The number of fused-ring (bicyclic) bond motifs is 1. The summed E-state index contributed by atoms with van der Waals surface area (Å²) in [5.41, 5.74) is -0.194. The number of ether oxygens (including phenoxy) is 1. The molecule has 0 aliphatic carbocycles. The second-order valence-corrected chi connectivity index (χ2v) is 2.76. The van der Waals surface area contributed by atoms with E-state index in [4.69, 9.17) is 4.74 Å². The van der Waals surface area contributed by atoms with E-state index in [1.807, 2.05) is 0 Å². The Labute approximate surface area is 83.7 Å². The maximum Gasteiger partial charge on any atom is 0.419 e. The van der Waals surface area contributed by atoms with Crippen molar-refractivity contribution in [2.24, 2.45) is 0 Å². The minimum absolute atomic E-state index is 0.192. The molecule has 0 amide bonds. The first-order valence-electron chi connectivity index (χ1n) is 4.33. The van der Waals surface area contributed by atoms with Gasteiger partial charge >= 0.3 is 6.09 Å². The highest BCUT2D eigenvalue weighted by Crippen LogP contribution is 2.07. The molecule has 2 heterocycles. The van der Waals surface area contributed by atoms with E-state index in [1.54, 1.807) is 6.92 Å². The molecule has 0 aromatic carbocycles. The lowest BCUT2D eigenvalue weighted by Crippen LogP contribution is -2.15. The van der Waals surface area contributed by atoms with Crippen LogP contribution in [0.4, 0.5) is 4.79 Å². The number of hydrogen-bond donors (Lipinski definition) is 1. The molecular formula is C8H8N4O3. The molecule has 7 nitrogen and oxygen atoms in total. The predicted octanol–water partition coefficient (Wildman–Crippen LogP) is 0.124. The summed E-state index contributed by atoms with van der Waals surface area (Å²) >= 11 is 0. The summed E-state index contributed by atoms with van der Waals surface area (Å²) in [6.07, 6.45) is 0.847. The van der Waals surface area contributed by atoms with Crippen molar-refractivity contribution in [3.05, 3.63) is 22.6 Å². The third kappa shape index (κ3) is 1.47. The van der Waals surface area contributed by atoms with Crippen molar-refractivity contribution < 1.29 is 9.53 Å². The molecule has 0 aliphatic rings. The molecule has 0 aliphatic heterocycles. The highest BCUT2D eigenvalue weighted by atomic mass is 16.5. The zero-order valence-electron chi connectivity index (χ0n) is 7.93. The average Bonchev–Trinajstić information content (AvgIpc) is 2.63. The van der Waals surface area contributed by atoms with Crippen LogP contribution in [-0.4, -0.2) is 32.7 Å². The van der Waals surface area contributed by atoms with E-state index < -0.39 is 6.09 Å². The Morgan fingerprint density at radius 2 is 2.47 bits per heavy atom. The molecule has 0 fully saturated rings. The van der Waals surface area contributed by atoms with Gasteiger partial charge in [0.25, 0.3) is 5.56 Å². The molecule has 2 aromatic heterocycles. The lowest BCUT2D eigenvalue weighted by molar-refractivity contribution is 0.155. The number of rotatable bonds is 1. The lowest BCUT2D eigenvalue weighted by atomic mass is 10.4. The monoisotopic (exact) mass is 208 g/mol. The molecule has 0 radical (unpaired) electrons. The fourth-order valence-corrected chi connectivity index (χ4v) is 1.22. The Hall–Kier alpha value is -2.18. The zero-order valence-corrected chi connectivity index (χ0v) is 7.93. The number of H-pyrrole nitrogens is 1. The van der Waals surface area contributed by atoms with Crippen LogP contribution in [0, 0.1) is 0 Å². The van der Waals surface area contributed by atoms with Gasteiger partial charge in [-0.05, 0) is 13.0 Å². The molecule has 0 unspecified atom stereocenters. The van der Waals surface area contributed by atoms with Gasteiger partial charge in [-0.2, -0.15) is 0 Å². The van der Waals surface area contributed by atoms with Crippen molar-refractivity contribution in [2.75, 3.05) is 6.61 Å². The van der Waals surface area contributed by atoms with Crippen LogP contribution < -0.4 is 5.56 Å². The SMILES string of the molecule is CCOC(=O)n1ccc2c(=O)[nH]nnc21. The summed E-state index contributed by atoms with van der Waals surface area (Å²) in [6, 6.07) is 1.49. The fraction of sp³-hybridized carbons (Fsp3) is 0.250. The first kappa shape index (κ1) is 9.38. The van der Waals surface area contributed by atoms with Gasteiger partial charge < -0.3 is 4.74 Å². The van der Waals surface area contributed by atoms with Crippen LogP contribution in [0.15, 0.2) is 17.1 Å². The third-order valence-electron chi connectivity index (χ3n) is 1.86. The Morgan fingerprint density at radius 3 is 3.20 bits per heavy atom. The summed E-state index contributed by atoms with van der Waals surface area (Å²) < 4.78 is 5.92. The maximum absolute atomic E-state index is 11.4. The van der Waals surface area contributed by atoms with Crippen molar-refractivity contribution in [2.45, 2.75) is 6.92 Å². The Bertz CT molecular complexity index is 556. The fourth-order valence-electron chi connectivity index (χ4n) is 1.22. The van der Waals surface area contributed by atoms with Gasteiger partial charge in [-0.1, -0.05) is 5.21 Å². The number of hydrogen-bond acceptors (Lipinski definition) is 5. The van der Waals surface area contributed by atoms with Gasteiger partial charge in [0, 0.05) is 6.20 Å². The van der Waals surface area contributed by atoms with Crippen LogP contribution in [0.5, 0.6) is 0 Å². The van der Waals surface area contributed by atoms with Crippen LogP contribution in [0.1, 0.15) is 6.92 Å². The molecule has 7 heteroatoms. The average molecular weight is 208 g/mol. The summed E-state index contributed by atoms with van der Waals surface area (Å²) in [6.45, 7) is 1.96. The van der Waals surface area contributed by atoms with Crippen LogP contribution >= 0.6 is 0 Å². The van der Waals surface area contributed by atoms with Crippen molar-refractivity contribution >= 4 is 17.1 Å². The number of nitrogens with zero attached hydrogens (tertiary/aromatic N) is 3. The van der Waals surface area contributed by atoms with E-state index in [2.05, 4.69) is 15.4 Å². The molecule has 0 saturated heterocycles. The summed E-state index contributed by atoms with van der Waals surface area (Å²) in [7, 11) is 0. The normalized spacial score (nSPS) is 10.5. The standard InChI is InChI=1S/C8H8N4O3/c1-2-15-8(14)12-4-3-5-6(12)9-11-10-7(5)13/h3-4H,2H2,1H3,(H,9,10,13). The van der Waals surface area contributed by atoms with E-state index in [0.717, 1.165) is 4.57 Å². The first-order chi connectivity index (χ1) is 7.24. The minimum Gasteiger partial charge on any atom is -0.449 e. The third-order valence-corrected chi connectivity index (χ3v) is 1.86. The molecular weight excluding hydrogens is 200 g/mol. The Balaban J connectivity index is 2.59. The van der Waals surface area contributed by atoms with Gasteiger partial charge in [0.15, 0.2) is 5.65 Å². The summed E-state index contributed by atoms with van der Waals surface area (Å²) in [5, 5.41) is 9.51. The Kier molecular flexibility index (Phi) is 2.20. The van der Waals surface area contributed by atoms with Crippen LogP contribution in [0.3, 0.4) is 0 Å². The second kappa shape index (κ2) is 3.52. The number of carbonyl (C=O) groups excluding carboxylic acids is 1. The van der Waals surface area contributed by atoms with Gasteiger partial charge in [-0.25, -0.2) is 14.5 Å². The lowest BCUT2D eigenvalue weighted by Gasteiger charge is -2.01. The van der Waals surface area contributed by atoms with Crippen LogP contribution in [0.2, 0.25) is 0 Å². The highest BCUT2D eigenvalue weighted by Gasteiger charge is 2.12. The van der Waals surface area contributed by atoms with Crippen molar-refractivity contribution in [1.82, 2.24) is 20.0 Å². The van der Waals surface area contributed by atoms with Crippen LogP contribution in [0.25, 0.3) is 11.0 Å². The highest BCUT2D eigenvalue weighted by molar-refractivity contribution is 5.85. The van der Waals surface area contributed by atoms with Gasteiger partial charge in [0.2, 0.25) is 0 Å². The largest absolute Gasteiger partial charge is 0.449 e. The first-order valence-corrected chi connectivity index (χ1v) is 4.33. The second-order valence-electron chi connectivity index (χ2n) is 2.76. The molecule has 0 atom stereocenters.